The summed E-state index contributed by atoms with van der Waals surface area (Å²) in [5.74, 6) is 0.498. The number of hydrogen-bond acceptors (Lipinski definition) is 3. The van der Waals surface area contributed by atoms with E-state index in [9.17, 15) is 9.59 Å². The Bertz CT molecular complexity index is 1130. The summed E-state index contributed by atoms with van der Waals surface area (Å²) in [4.78, 5) is 25.9. The van der Waals surface area contributed by atoms with Crippen LogP contribution < -0.4 is 15.4 Å². The molecule has 4 rings (SSSR count). The fourth-order valence-electron chi connectivity index (χ4n) is 3.58. The number of nitrogens with two attached hydrogens (primary N) is 1. The van der Waals surface area contributed by atoms with Crippen LogP contribution >= 0.6 is 23.2 Å². The Hall–Kier alpha value is -3.02. The standard InChI is InChI=1S/C23H18Cl2N2O3/c24-16-4-2-6-19(11-16)30-21-12-17(25)7-8-20(21)15-10-22(28)27(13-15)18-5-1-3-14(9-18)23(26)29/h1-9,11-12,15H,10,13H2,(H2,26,29)/t15-/m0/s1. The van der Waals surface area contributed by atoms with E-state index in [1.807, 2.05) is 6.07 Å². The third kappa shape index (κ3) is 4.27. The van der Waals surface area contributed by atoms with Crippen LogP contribution in [0.15, 0.2) is 66.7 Å². The lowest BCUT2D eigenvalue weighted by molar-refractivity contribution is -0.117. The first-order valence-electron chi connectivity index (χ1n) is 9.34. The Morgan fingerprint density at radius 3 is 2.53 bits per heavy atom. The van der Waals surface area contributed by atoms with Gasteiger partial charge in [0.05, 0.1) is 0 Å². The Labute approximate surface area is 184 Å². The summed E-state index contributed by atoms with van der Waals surface area (Å²) in [7, 11) is 0. The first-order chi connectivity index (χ1) is 14.4. The van der Waals surface area contributed by atoms with Gasteiger partial charge in [0.15, 0.2) is 0 Å². The van der Waals surface area contributed by atoms with Crippen molar-refractivity contribution in [3.05, 3.63) is 87.9 Å². The second-order valence-corrected chi connectivity index (χ2v) is 7.93. The Kier molecular flexibility index (Phi) is 5.66. The minimum Gasteiger partial charge on any atom is -0.457 e. The largest absolute Gasteiger partial charge is 0.457 e. The van der Waals surface area contributed by atoms with E-state index < -0.39 is 5.91 Å². The second-order valence-electron chi connectivity index (χ2n) is 7.06. The molecular formula is C23H18Cl2N2O3. The number of carbonyl (C=O) groups excluding carboxylic acids is 2. The number of halogens is 2. The normalized spacial score (nSPS) is 16.0. The van der Waals surface area contributed by atoms with Gasteiger partial charge in [-0.2, -0.15) is 0 Å². The molecule has 1 saturated heterocycles. The fraction of sp³-hybridized carbons (Fsp3) is 0.130. The van der Waals surface area contributed by atoms with Crippen LogP contribution in [0.3, 0.4) is 0 Å². The van der Waals surface area contributed by atoms with Gasteiger partial charge < -0.3 is 15.4 Å². The van der Waals surface area contributed by atoms with E-state index in [1.54, 1.807) is 65.6 Å². The molecule has 0 unspecified atom stereocenters. The van der Waals surface area contributed by atoms with E-state index >= 15 is 0 Å². The quantitative estimate of drug-likeness (QED) is 0.576. The van der Waals surface area contributed by atoms with Crippen LogP contribution in [0.1, 0.15) is 28.3 Å². The first-order valence-corrected chi connectivity index (χ1v) is 10.1. The number of benzene rings is 3. The van der Waals surface area contributed by atoms with Gasteiger partial charge in [-0.3, -0.25) is 9.59 Å². The summed E-state index contributed by atoms with van der Waals surface area (Å²) >= 11 is 12.3. The number of hydrogen-bond donors (Lipinski definition) is 1. The molecule has 1 heterocycles. The molecule has 1 fully saturated rings. The fourth-order valence-corrected chi connectivity index (χ4v) is 3.93. The van der Waals surface area contributed by atoms with Gasteiger partial charge in [0.1, 0.15) is 11.5 Å². The zero-order valence-electron chi connectivity index (χ0n) is 15.8. The predicted molar refractivity (Wildman–Crippen MR) is 118 cm³/mol. The van der Waals surface area contributed by atoms with Crippen LogP contribution in [-0.4, -0.2) is 18.4 Å². The van der Waals surface area contributed by atoms with Crippen LogP contribution in [0, 0.1) is 0 Å². The molecule has 7 heteroatoms. The van der Waals surface area contributed by atoms with Gasteiger partial charge in [0.2, 0.25) is 11.8 Å². The smallest absolute Gasteiger partial charge is 0.248 e. The number of amides is 2. The minimum absolute atomic E-state index is 0.0368. The van der Waals surface area contributed by atoms with Crippen LogP contribution in [-0.2, 0) is 4.79 Å². The molecule has 0 radical (unpaired) electrons. The van der Waals surface area contributed by atoms with Gasteiger partial charge >= 0.3 is 0 Å². The highest BCUT2D eigenvalue weighted by Crippen LogP contribution is 2.39. The number of rotatable bonds is 5. The molecule has 30 heavy (non-hydrogen) atoms. The monoisotopic (exact) mass is 440 g/mol. The topological polar surface area (TPSA) is 72.6 Å². The van der Waals surface area contributed by atoms with Crippen molar-refractivity contribution >= 4 is 40.7 Å². The number of anilines is 1. The van der Waals surface area contributed by atoms with Gasteiger partial charge in [-0.1, -0.05) is 41.4 Å². The zero-order valence-corrected chi connectivity index (χ0v) is 17.4. The molecule has 5 nitrogen and oxygen atoms in total. The molecular weight excluding hydrogens is 423 g/mol. The van der Waals surface area contributed by atoms with Crippen LogP contribution in [0.4, 0.5) is 5.69 Å². The molecule has 0 saturated carbocycles. The highest BCUT2D eigenvalue weighted by atomic mass is 35.5. The SMILES string of the molecule is NC(=O)c1cccc(N2C[C@@H](c3ccc(Cl)cc3Oc3cccc(Cl)c3)CC2=O)c1. The van der Waals surface area contributed by atoms with E-state index in [0.29, 0.717) is 45.8 Å². The third-order valence-electron chi connectivity index (χ3n) is 5.01. The predicted octanol–water partition coefficient (Wildman–Crippen LogP) is 5.41. The highest BCUT2D eigenvalue weighted by Gasteiger charge is 2.33. The molecule has 0 bridgehead atoms. The van der Waals surface area contributed by atoms with Crippen molar-refractivity contribution in [2.24, 2.45) is 5.73 Å². The van der Waals surface area contributed by atoms with E-state index in [-0.39, 0.29) is 11.8 Å². The summed E-state index contributed by atoms with van der Waals surface area (Å²) in [5, 5.41) is 1.10. The maximum Gasteiger partial charge on any atom is 0.248 e. The summed E-state index contributed by atoms with van der Waals surface area (Å²) in [6.45, 7) is 0.453. The third-order valence-corrected chi connectivity index (χ3v) is 5.48. The van der Waals surface area contributed by atoms with Crippen molar-refractivity contribution in [3.63, 3.8) is 0 Å². The molecule has 0 aromatic heterocycles. The van der Waals surface area contributed by atoms with Crippen molar-refractivity contribution in [1.82, 2.24) is 0 Å². The van der Waals surface area contributed by atoms with Gasteiger partial charge in [-0.15, -0.1) is 0 Å². The first kappa shape index (κ1) is 20.3. The number of nitrogens with zero attached hydrogens (tertiary/aromatic N) is 1. The zero-order chi connectivity index (χ0) is 21.3. The molecule has 1 aliphatic heterocycles. The minimum atomic E-state index is -0.532. The molecule has 3 aromatic carbocycles. The van der Waals surface area contributed by atoms with E-state index in [2.05, 4.69) is 0 Å². The van der Waals surface area contributed by atoms with Crippen molar-refractivity contribution < 1.29 is 14.3 Å². The van der Waals surface area contributed by atoms with Gasteiger partial charge in [-0.25, -0.2) is 0 Å². The lowest BCUT2D eigenvalue weighted by Crippen LogP contribution is -2.24. The van der Waals surface area contributed by atoms with E-state index in [0.717, 1.165) is 5.56 Å². The molecule has 1 aliphatic rings. The number of primary amides is 1. The Morgan fingerprint density at radius 2 is 1.77 bits per heavy atom. The Morgan fingerprint density at radius 1 is 1.00 bits per heavy atom. The van der Waals surface area contributed by atoms with Gasteiger partial charge in [0.25, 0.3) is 0 Å². The summed E-state index contributed by atoms with van der Waals surface area (Å²) in [5.41, 5.74) is 7.25. The van der Waals surface area contributed by atoms with Crippen molar-refractivity contribution in [1.29, 1.82) is 0 Å². The maximum absolute atomic E-state index is 12.7. The molecule has 152 valence electrons. The highest BCUT2D eigenvalue weighted by molar-refractivity contribution is 6.31. The average Bonchev–Trinajstić information content (AvgIpc) is 3.09. The van der Waals surface area contributed by atoms with Gasteiger partial charge in [0, 0.05) is 45.7 Å². The molecule has 0 aliphatic carbocycles. The number of ether oxygens (including phenoxy) is 1. The van der Waals surface area contributed by atoms with Crippen LogP contribution in [0.25, 0.3) is 0 Å². The molecule has 2 amide bonds. The van der Waals surface area contributed by atoms with Crippen molar-refractivity contribution in [2.75, 3.05) is 11.4 Å². The molecule has 2 N–H and O–H groups in total. The maximum atomic E-state index is 12.7. The molecule has 3 aromatic rings. The second kappa shape index (κ2) is 8.38. The summed E-state index contributed by atoms with van der Waals surface area (Å²) in [6, 6.07) is 19.2. The van der Waals surface area contributed by atoms with E-state index in [1.165, 1.54) is 0 Å². The summed E-state index contributed by atoms with van der Waals surface area (Å²) < 4.78 is 6.05. The van der Waals surface area contributed by atoms with Crippen molar-refractivity contribution in [3.8, 4) is 11.5 Å². The molecule has 0 spiro atoms. The van der Waals surface area contributed by atoms with Crippen molar-refractivity contribution in [2.45, 2.75) is 12.3 Å². The van der Waals surface area contributed by atoms with Gasteiger partial charge in [-0.05, 0) is 48.5 Å². The summed E-state index contributed by atoms with van der Waals surface area (Å²) in [6.07, 6.45) is 0.314. The average molecular weight is 441 g/mol. The Balaban J connectivity index is 1.63. The molecule has 1 atom stereocenters. The number of carbonyl (C=O) groups is 2. The lowest BCUT2D eigenvalue weighted by Gasteiger charge is -2.19. The van der Waals surface area contributed by atoms with Crippen LogP contribution in [0.5, 0.6) is 11.5 Å². The lowest BCUT2D eigenvalue weighted by atomic mass is 9.97. The van der Waals surface area contributed by atoms with E-state index in [4.69, 9.17) is 33.7 Å². The van der Waals surface area contributed by atoms with Crippen LogP contribution in [0.2, 0.25) is 10.0 Å².